The number of hydrogen-bond donors (Lipinski definition) is 1. The molecule has 1 N–H and O–H groups in total. The fourth-order valence-corrected chi connectivity index (χ4v) is 2.19. The largest absolute Gasteiger partial charge is 0.481 e. The van der Waals surface area contributed by atoms with E-state index in [0.29, 0.717) is 30.3 Å². The third-order valence-electron chi connectivity index (χ3n) is 3.41. The minimum Gasteiger partial charge on any atom is -0.481 e. The Balaban J connectivity index is 1.88. The number of carbonyl (C=O) groups is 1. The summed E-state index contributed by atoms with van der Waals surface area (Å²) < 4.78 is 5.56. The molecule has 1 heterocycles. The molecule has 0 radical (unpaired) electrons. The Morgan fingerprint density at radius 2 is 2.05 bits per heavy atom. The molecule has 1 aromatic rings. The Bertz CT molecular complexity index is 454. The van der Waals surface area contributed by atoms with Crippen LogP contribution in [0.4, 0.5) is 0 Å². The van der Waals surface area contributed by atoms with Crippen LogP contribution in [0.5, 0.6) is 5.75 Å². The zero-order chi connectivity index (χ0) is 14.0. The number of aliphatic hydroxyl groups is 1. The van der Waals surface area contributed by atoms with Crippen LogP contribution >= 0.6 is 11.6 Å². The van der Waals surface area contributed by atoms with Crippen LogP contribution in [0.2, 0.25) is 5.02 Å². The van der Waals surface area contributed by atoms with Crippen molar-refractivity contribution in [3.8, 4) is 5.75 Å². The molecule has 0 bridgehead atoms. The average molecular weight is 284 g/mol. The van der Waals surface area contributed by atoms with Crippen molar-refractivity contribution in [2.75, 3.05) is 13.1 Å². The van der Waals surface area contributed by atoms with Crippen LogP contribution in [-0.2, 0) is 4.79 Å². The molecular weight excluding hydrogens is 266 g/mol. The summed E-state index contributed by atoms with van der Waals surface area (Å²) in [5.74, 6) is 0.504. The van der Waals surface area contributed by atoms with Crippen molar-refractivity contribution in [3.63, 3.8) is 0 Å². The number of nitrogens with zero attached hydrogens (tertiary/aromatic N) is 1. The number of carbonyl (C=O) groups excluding carboxylic acids is 1. The van der Waals surface area contributed by atoms with Gasteiger partial charge in [0, 0.05) is 5.02 Å². The Kier molecular flexibility index (Phi) is 4.02. The quantitative estimate of drug-likeness (QED) is 0.920. The smallest absolute Gasteiger partial charge is 0.263 e. The number of rotatable bonds is 4. The molecular formula is C14H18ClNO3. The minimum absolute atomic E-state index is 0.104. The van der Waals surface area contributed by atoms with E-state index in [0.717, 1.165) is 0 Å². The standard InChI is InChI=1S/C14H18ClNO3/c1-3-14(18)8-16(9-14)13(17)10(2)19-12-6-4-11(15)5-7-12/h4-7,10,18H,3,8-9H2,1-2H3. The molecule has 4 nitrogen and oxygen atoms in total. The molecule has 0 aromatic heterocycles. The first-order valence-electron chi connectivity index (χ1n) is 6.37. The number of amides is 1. The van der Waals surface area contributed by atoms with Gasteiger partial charge in [-0.05, 0) is 37.6 Å². The summed E-state index contributed by atoms with van der Waals surface area (Å²) in [5.41, 5.74) is -0.713. The molecule has 1 aromatic carbocycles. The number of β-amino-alcohol motifs (C(OH)–C–C–N with tert-alkyl or cyclic N) is 1. The first-order valence-corrected chi connectivity index (χ1v) is 6.75. The summed E-state index contributed by atoms with van der Waals surface area (Å²) in [6.07, 6.45) is 0.0889. The highest BCUT2D eigenvalue weighted by Gasteiger charge is 2.43. The zero-order valence-electron chi connectivity index (χ0n) is 11.1. The monoisotopic (exact) mass is 283 g/mol. The highest BCUT2D eigenvalue weighted by atomic mass is 35.5. The van der Waals surface area contributed by atoms with Gasteiger partial charge >= 0.3 is 0 Å². The fraction of sp³-hybridized carbons (Fsp3) is 0.500. The predicted octanol–water partition coefficient (Wildman–Crippen LogP) is 2.09. The number of halogens is 1. The van der Waals surface area contributed by atoms with E-state index in [1.54, 1.807) is 36.1 Å². The van der Waals surface area contributed by atoms with E-state index in [2.05, 4.69) is 0 Å². The van der Waals surface area contributed by atoms with Crippen LogP contribution in [0.25, 0.3) is 0 Å². The lowest BCUT2D eigenvalue weighted by Gasteiger charge is -2.46. The van der Waals surface area contributed by atoms with Gasteiger partial charge in [-0.3, -0.25) is 4.79 Å². The normalized spacial score (nSPS) is 18.6. The van der Waals surface area contributed by atoms with Gasteiger partial charge in [0.1, 0.15) is 5.75 Å². The maximum atomic E-state index is 12.1. The van der Waals surface area contributed by atoms with Crippen molar-refractivity contribution in [1.29, 1.82) is 0 Å². The van der Waals surface area contributed by atoms with Crippen LogP contribution in [-0.4, -0.2) is 40.7 Å². The molecule has 19 heavy (non-hydrogen) atoms. The van der Waals surface area contributed by atoms with Crippen LogP contribution < -0.4 is 4.74 Å². The lowest BCUT2D eigenvalue weighted by molar-refractivity contribution is -0.162. The second-order valence-corrected chi connectivity index (χ2v) is 5.42. The van der Waals surface area contributed by atoms with Crippen LogP contribution in [0.15, 0.2) is 24.3 Å². The van der Waals surface area contributed by atoms with Gasteiger partial charge in [0.25, 0.3) is 5.91 Å². The SMILES string of the molecule is CCC1(O)CN(C(=O)C(C)Oc2ccc(Cl)cc2)C1. The Morgan fingerprint density at radius 3 is 2.58 bits per heavy atom. The molecule has 0 spiro atoms. The molecule has 0 aliphatic carbocycles. The topological polar surface area (TPSA) is 49.8 Å². The van der Waals surface area contributed by atoms with Gasteiger partial charge < -0.3 is 14.7 Å². The first-order chi connectivity index (χ1) is 8.93. The van der Waals surface area contributed by atoms with Gasteiger partial charge in [-0.1, -0.05) is 18.5 Å². The van der Waals surface area contributed by atoms with Gasteiger partial charge in [0.2, 0.25) is 0 Å². The van der Waals surface area contributed by atoms with Crippen molar-refractivity contribution in [1.82, 2.24) is 4.90 Å². The van der Waals surface area contributed by atoms with Gasteiger partial charge in [-0.25, -0.2) is 0 Å². The molecule has 1 atom stereocenters. The van der Waals surface area contributed by atoms with E-state index >= 15 is 0 Å². The molecule has 1 fully saturated rings. The van der Waals surface area contributed by atoms with Gasteiger partial charge in [-0.2, -0.15) is 0 Å². The third kappa shape index (κ3) is 3.19. The number of likely N-dealkylation sites (tertiary alicyclic amines) is 1. The summed E-state index contributed by atoms with van der Waals surface area (Å²) in [7, 11) is 0. The van der Waals surface area contributed by atoms with Crippen molar-refractivity contribution in [2.24, 2.45) is 0 Å². The summed E-state index contributed by atoms with van der Waals surface area (Å²) in [6.45, 7) is 4.39. The molecule has 1 unspecified atom stereocenters. The molecule has 0 saturated carbocycles. The van der Waals surface area contributed by atoms with E-state index < -0.39 is 11.7 Å². The van der Waals surface area contributed by atoms with E-state index in [1.165, 1.54) is 0 Å². The number of benzene rings is 1. The summed E-state index contributed by atoms with van der Waals surface area (Å²) in [4.78, 5) is 13.7. The first kappa shape index (κ1) is 14.2. The predicted molar refractivity (Wildman–Crippen MR) is 73.4 cm³/mol. The second-order valence-electron chi connectivity index (χ2n) is 4.99. The van der Waals surface area contributed by atoms with Crippen molar-refractivity contribution in [2.45, 2.75) is 32.0 Å². The molecule has 1 saturated heterocycles. The maximum Gasteiger partial charge on any atom is 0.263 e. The van der Waals surface area contributed by atoms with E-state index in [4.69, 9.17) is 16.3 Å². The van der Waals surface area contributed by atoms with E-state index in [-0.39, 0.29) is 5.91 Å². The van der Waals surface area contributed by atoms with Crippen LogP contribution in [0.1, 0.15) is 20.3 Å². The van der Waals surface area contributed by atoms with Gasteiger partial charge in [0.15, 0.2) is 6.10 Å². The summed E-state index contributed by atoms with van der Waals surface area (Å²) >= 11 is 5.78. The Morgan fingerprint density at radius 1 is 1.47 bits per heavy atom. The number of ether oxygens (including phenoxy) is 1. The lowest BCUT2D eigenvalue weighted by atomic mass is 9.91. The highest BCUT2D eigenvalue weighted by Crippen LogP contribution is 2.25. The fourth-order valence-electron chi connectivity index (χ4n) is 2.07. The van der Waals surface area contributed by atoms with Crippen LogP contribution in [0.3, 0.4) is 0 Å². The average Bonchev–Trinajstić information content (AvgIpc) is 2.37. The minimum atomic E-state index is -0.713. The van der Waals surface area contributed by atoms with E-state index in [9.17, 15) is 9.90 Å². The lowest BCUT2D eigenvalue weighted by Crippen LogP contribution is -2.64. The third-order valence-corrected chi connectivity index (χ3v) is 3.67. The molecule has 1 aliphatic heterocycles. The van der Waals surface area contributed by atoms with Crippen molar-refractivity contribution in [3.05, 3.63) is 29.3 Å². The van der Waals surface area contributed by atoms with Crippen molar-refractivity contribution < 1.29 is 14.6 Å². The molecule has 5 heteroatoms. The molecule has 1 aliphatic rings. The van der Waals surface area contributed by atoms with Gasteiger partial charge in [0.05, 0.1) is 18.7 Å². The maximum absolute atomic E-state index is 12.1. The van der Waals surface area contributed by atoms with E-state index in [1.807, 2.05) is 6.92 Å². The Labute approximate surface area is 117 Å². The molecule has 2 rings (SSSR count). The van der Waals surface area contributed by atoms with Crippen LogP contribution in [0, 0.1) is 0 Å². The summed E-state index contributed by atoms with van der Waals surface area (Å²) in [6, 6.07) is 6.89. The highest BCUT2D eigenvalue weighted by molar-refractivity contribution is 6.30. The molecule has 104 valence electrons. The molecule has 1 amide bonds. The number of hydrogen-bond acceptors (Lipinski definition) is 3. The van der Waals surface area contributed by atoms with Gasteiger partial charge in [-0.15, -0.1) is 0 Å². The zero-order valence-corrected chi connectivity index (χ0v) is 11.9. The van der Waals surface area contributed by atoms with Crippen molar-refractivity contribution >= 4 is 17.5 Å². The summed E-state index contributed by atoms with van der Waals surface area (Å²) in [5, 5.41) is 10.5. The second kappa shape index (κ2) is 5.39. The Hall–Kier alpha value is -1.26.